The van der Waals surface area contributed by atoms with Crippen LogP contribution in [0.15, 0.2) is 0 Å². The average Bonchev–Trinajstić information content (AvgIpc) is 2.83. The van der Waals surface area contributed by atoms with E-state index in [1.807, 2.05) is 0 Å². The van der Waals surface area contributed by atoms with Crippen molar-refractivity contribution in [3.63, 3.8) is 0 Å². The third-order valence-corrected chi connectivity index (χ3v) is 10.6. The normalized spacial score (nSPS) is 37.3. The van der Waals surface area contributed by atoms with E-state index in [0.29, 0.717) is 11.7 Å². The van der Waals surface area contributed by atoms with Gasteiger partial charge in [-0.2, -0.15) is 0 Å². The zero-order valence-electron chi connectivity index (χ0n) is 19.5. The molecule has 29 heavy (non-hydrogen) atoms. The Labute approximate surface area is 179 Å². The summed E-state index contributed by atoms with van der Waals surface area (Å²) in [5, 5.41) is 0. The number of carbonyl (C=O) groups is 1. The van der Waals surface area contributed by atoms with Crippen LogP contribution in [-0.4, -0.2) is 43.8 Å². The number of fused-ring (bicyclic) bond motifs is 3. The molecule has 3 saturated carbocycles. The van der Waals surface area contributed by atoms with Crippen molar-refractivity contribution in [2.45, 2.75) is 98.8 Å². The first-order chi connectivity index (χ1) is 13.4. The van der Waals surface area contributed by atoms with Gasteiger partial charge in [0, 0.05) is 24.3 Å². The van der Waals surface area contributed by atoms with Crippen LogP contribution in [0.3, 0.4) is 0 Å². The van der Waals surface area contributed by atoms with E-state index in [-0.39, 0.29) is 27.4 Å². The van der Waals surface area contributed by atoms with E-state index >= 15 is 0 Å². The Bertz CT molecular complexity index is 702. The standard InChI is InChI=1S/C24H43NO3S/c1-6-22(5)18-21(3,4)14-16-25(19-22)20(26)24-11-8-23(9-12-24,10-13-24)15-17-29(27,28)7-2/h6-19H2,1-5H3/t22-,23?,24?/m1/s1. The van der Waals surface area contributed by atoms with Crippen LogP contribution in [0.2, 0.25) is 0 Å². The van der Waals surface area contributed by atoms with Crippen LogP contribution in [0.4, 0.5) is 0 Å². The topological polar surface area (TPSA) is 54.5 Å². The Morgan fingerprint density at radius 1 is 0.931 bits per heavy atom. The van der Waals surface area contributed by atoms with Gasteiger partial charge >= 0.3 is 0 Å². The Morgan fingerprint density at radius 3 is 2.03 bits per heavy atom. The van der Waals surface area contributed by atoms with Gasteiger partial charge in [0.1, 0.15) is 9.84 Å². The molecule has 4 rings (SSSR count). The molecular formula is C24H43NO3S. The van der Waals surface area contributed by atoms with Gasteiger partial charge in [-0.1, -0.05) is 34.6 Å². The molecule has 168 valence electrons. The molecule has 1 amide bonds. The maximum Gasteiger partial charge on any atom is 0.228 e. The molecule has 0 N–H and O–H groups in total. The number of nitrogens with zero attached hydrogens (tertiary/aromatic N) is 1. The molecule has 3 aliphatic carbocycles. The third-order valence-electron chi connectivity index (χ3n) is 8.92. The largest absolute Gasteiger partial charge is 0.342 e. The minimum atomic E-state index is -2.90. The second-order valence-corrected chi connectivity index (χ2v) is 14.2. The number of hydrogen-bond donors (Lipinski definition) is 0. The van der Waals surface area contributed by atoms with E-state index in [9.17, 15) is 13.2 Å². The summed E-state index contributed by atoms with van der Waals surface area (Å²) >= 11 is 0. The molecule has 1 atom stereocenters. The molecule has 0 aromatic heterocycles. The van der Waals surface area contributed by atoms with Crippen molar-refractivity contribution in [1.29, 1.82) is 0 Å². The predicted octanol–water partition coefficient (Wildman–Crippen LogP) is 5.22. The van der Waals surface area contributed by atoms with Gasteiger partial charge in [0.25, 0.3) is 0 Å². The van der Waals surface area contributed by atoms with Crippen LogP contribution in [-0.2, 0) is 14.6 Å². The van der Waals surface area contributed by atoms with Crippen LogP contribution in [0.1, 0.15) is 98.8 Å². The first-order valence-corrected chi connectivity index (χ1v) is 13.7. The maximum atomic E-state index is 13.8. The highest BCUT2D eigenvalue weighted by Crippen LogP contribution is 2.59. The molecule has 4 nitrogen and oxygen atoms in total. The molecule has 1 heterocycles. The SMILES string of the molecule is CC[C@@]1(C)CN(C(=O)C23CCC(CCS(=O)(=O)CC)(CC2)CC3)CCC(C)(C)C1. The molecule has 1 saturated heterocycles. The van der Waals surface area contributed by atoms with Crippen LogP contribution >= 0.6 is 0 Å². The van der Waals surface area contributed by atoms with Crippen molar-refractivity contribution in [1.82, 2.24) is 4.90 Å². The lowest BCUT2D eigenvalue weighted by molar-refractivity contribution is -0.153. The maximum absolute atomic E-state index is 13.8. The van der Waals surface area contributed by atoms with Crippen molar-refractivity contribution in [2.75, 3.05) is 24.6 Å². The molecule has 0 unspecified atom stereocenters. The molecule has 2 bridgehead atoms. The van der Waals surface area contributed by atoms with E-state index < -0.39 is 9.84 Å². The Hall–Kier alpha value is -0.580. The van der Waals surface area contributed by atoms with Gasteiger partial charge in [0.05, 0.1) is 5.75 Å². The summed E-state index contributed by atoms with van der Waals surface area (Å²) < 4.78 is 24.0. The number of carbonyl (C=O) groups excluding carboxylic acids is 1. The van der Waals surface area contributed by atoms with Crippen LogP contribution in [0.25, 0.3) is 0 Å². The minimum Gasteiger partial charge on any atom is -0.342 e. The van der Waals surface area contributed by atoms with Gasteiger partial charge in [-0.25, -0.2) is 8.42 Å². The van der Waals surface area contributed by atoms with Gasteiger partial charge in [-0.05, 0) is 80.5 Å². The van der Waals surface area contributed by atoms with Gasteiger partial charge in [-0.15, -0.1) is 0 Å². The van der Waals surface area contributed by atoms with E-state index in [0.717, 1.165) is 70.9 Å². The first-order valence-electron chi connectivity index (χ1n) is 11.9. The molecular weight excluding hydrogens is 382 g/mol. The summed E-state index contributed by atoms with van der Waals surface area (Å²) in [5.41, 5.74) is 0.488. The summed E-state index contributed by atoms with van der Waals surface area (Å²) in [6.45, 7) is 12.9. The van der Waals surface area contributed by atoms with Crippen LogP contribution in [0, 0.1) is 21.7 Å². The fourth-order valence-electron chi connectivity index (χ4n) is 6.50. The van der Waals surface area contributed by atoms with Crippen molar-refractivity contribution in [3.8, 4) is 0 Å². The second-order valence-electron chi connectivity index (χ2n) is 11.7. The first kappa shape index (κ1) is 23.1. The molecule has 0 aromatic carbocycles. The van der Waals surface area contributed by atoms with Crippen LogP contribution in [0.5, 0.6) is 0 Å². The molecule has 0 aromatic rings. The Balaban J connectivity index is 1.69. The number of amides is 1. The minimum absolute atomic E-state index is 0.170. The van der Waals surface area contributed by atoms with Crippen molar-refractivity contribution >= 4 is 15.7 Å². The predicted molar refractivity (Wildman–Crippen MR) is 120 cm³/mol. The third kappa shape index (κ3) is 4.85. The second kappa shape index (κ2) is 7.84. The van der Waals surface area contributed by atoms with Crippen molar-refractivity contribution in [2.24, 2.45) is 21.7 Å². The number of sulfone groups is 1. The van der Waals surface area contributed by atoms with Gasteiger partial charge in [-0.3, -0.25) is 4.79 Å². The summed E-state index contributed by atoms with van der Waals surface area (Å²) in [5.74, 6) is 0.970. The van der Waals surface area contributed by atoms with Gasteiger partial charge in [0.15, 0.2) is 0 Å². The highest BCUT2D eigenvalue weighted by Gasteiger charge is 2.54. The zero-order chi connectivity index (χ0) is 21.6. The summed E-state index contributed by atoms with van der Waals surface area (Å²) in [6, 6.07) is 0. The Kier molecular flexibility index (Phi) is 6.24. The summed E-state index contributed by atoms with van der Waals surface area (Å²) in [4.78, 5) is 16.0. The van der Waals surface area contributed by atoms with E-state index in [1.165, 1.54) is 6.42 Å². The lowest BCUT2D eigenvalue weighted by atomic mass is 9.52. The molecule has 4 aliphatic rings. The van der Waals surface area contributed by atoms with Gasteiger partial charge < -0.3 is 4.90 Å². The highest BCUT2D eigenvalue weighted by molar-refractivity contribution is 7.91. The monoisotopic (exact) mass is 425 g/mol. The van der Waals surface area contributed by atoms with E-state index in [2.05, 4.69) is 32.6 Å². The molecule has 4 fully saturated rings. The average molecular weight is 426 g/mol. The molecule has 0 spiro atoms. The van der Waals surface area contributed by atoms with Crippen molar-refractivity contribution in [3.05, 3.63) is 0 Å². The molecule has 0 radical (unpaired) electrons. The Morgan fingerprint density at radius 2 is 1.52 bits per heavy atom. The van der Waals surface area contributed by atoms with E-state index in [4.69, 9.17) is 0 Å². The van der Waals surface area contributed by atoms with Gasteiger partial charge in [0.2, 0.25) is 5.91 Å². The zero-order valence-corrected chi connectivity index (χ0v) is 20.3. The fraction of sp³-hybridized carbons (Fsp3) is 0.958. The number of hydrogen-bond acceptors (Lipinski definition) is 3. The fourth-order valence-corrected chi connectivity index (χ4v) is 7.53. The molecule has 5 heteroatoms. The highest BCUT2D eigenvalue weighted by atomic mass is 32.2. The quantitative estimate of drug-likeness (QED) is 0.586. The lowest BCUT2D eigenvalue weighted by Gasteiger charge is -2.54. The number of likely N-dealkylation sites (tertiary alicyclic amines) is 1. The summed E-state index contributed by atoms with van der Waals surface area (Å²) in [7, 11) is -2.90. The van der Waals surface area contributed by atoms with Crippen LogP contribution < -0.4 is 0 Å². The van der Waals surface area contributed by atoms with E-state index in [1.54, 1.807) is 6.92 Å². The molecule has 1 aliphatic heterocycles. The smallest absolute Gasteiger partial charge is 0.228 e. The summed E-state index contributed by atoms with van der Waals surface area (Å²) in [6.07, 6.45) is 10.1. The van der Waals surface area contributed by atoms with Crippen molar-refractivity contribution < 1.29 is 13.2 Å². The number of rotatable bonds is 6. The lowest BCUT2D eigenvalue weighted by Crippen LogP contribution is -2.53.